The molecule has 0 aliphatic heterocycles. The van der Waals surface area contributed by atoms with E-state index in [1.807, 2.05) is 30.3 Å². The van der Waals surface area contributed by atoms with Crippen molar-refractivity contribution in [2.45, 2.75) is 37.9 Å². The third-order valence-electron chi connectivity index (χ3n) is 3.31. The Morgan fingerprint density at radius 2 is 1.72 bits per heavy atom. The van der Waals surface area contributed by atoms with Crippen molar-refractivity contribution < 1.29 is 13.2 Å². The Labute approximate surface area is 109 Å². The van der Waals surface area contributed by atoms with Gasteiger partial charge < -0.3 is 0 Å². The summed E-state index contributed by atoms with van der Waals surface area (Å²) in [6.45, 7) is 2.96. The van der Waals surface area contributed by atoms with Crippen LogP contribution >= 0.6 is 0 Å². The Balaban J connectivity index is 2.53. The van der Waals surface area contributed by atoms with E-state index in [0.717, 1.165) is 12.7 Å². The number of sulfone groups is 1. The number of ketones is 1. The van der Waals surface area contributed by atoms with Gasteiger partial charge in [0.15, 0.2) is 15.6 Å². The zero-order valence-corrected chi connectivity index (χ0v) is 12.0. The number of carbonyl (C=O) groups excluding carboxylic acids is 1. The molecule has 1 aromatic rings. The quantitative estimate of drug-likeness (QED) is 0.796. The van der Waals surface area contributed by atoms with Crippen LogP contribution in [-0.4, -0.2) is 25.2 Å². The summed E-state index contributed by atoms with van der Waals surface area (Å²) in [7, 11) is -3.35. The highest BCUT2D eigenvalue weighted by atomic mass is 32.2. The molecule has 0 saturated carbocycles. The molecule has 0 aromatic heterocycles. The molecule has 0 saturated heterocycles. The van der Waals surface area contributed by atoms with Crippen LogP contribution in [-0.2, 0) is 21.1 Å². The fourth-order valence-corrected chi connectivity index (χ4v) is 2.12. The minimum absolute atomic E-state index is 0.207. The number of Topliss-reactive ketones (excluding diaryl/α,β-unsaturated/α-hetero) is 1. The maximum Gasteiger partial charge on any atom is 0.159 e. The van der Waals surface area contributed by atoms with E-state index < -0.39 is 14.6 Å². The van der Waals surface area contributed by atoms with E-state index in [1.54, 1.807) is 0 Å². The first-order valence-corrected chi connectivity index (χ1v) is 7.91. The fourth-order valence-electron chi connectivity index (χ4n) is 1.61. The van der Waals surface area contributed by atoms with Crippen LogP contribution in [0.5, 0.6) is 0 Å². The Hall–Kier alpha value is -1.16. The number of hydrogen-bond acceptors (Lipinski definition) is 3. The van der Waals surface area contributed by atoms with Crippen LogP contribution in [0.1, 0.15) is 32.3 Å². The average Bonchev–Trinajstić information content (AvgIpc) is 2.28. The molecule has 18 heavy (non-hydrogen) atoms. The van der Waals surface area contributed by atoms with Crippen molar-refractivity contribution in [3.05, 3.63) is 35.9 Å². The maximum absolute atomic E-state index is 11.9. The molecular formula is C14H20O3S. The first-order valence-electron chi connectivity index (χ1n) is 6.02. The molecule has 0 radical (unpaired) electrons. The van der Waals surface area contributed by atoms with Crippen molar-refractivity contribution in [3.8, 4) is 0 Å². The minimum atomic E-state index is -3.35. The van der Waals surface area contributed by atoms with Gasteiger partial charge in [0, 0.05) is 12.7 Å². The van der Waals surface area contributed by atoms with E-state index in [4.69, 9.17) is 0 Å². The van der Waals surface area contributed by atoms with E-state index in [0.29, 0.717) is 12.8 Å². The van der Waals surface area contributed by atoms with Crippen molar-refractivity contribution in [2.75, 3.05) is 6.26 Å². The summed E-state index contributed by atoms with van der Waals surface area (Å²) in [5, 5.41) is 0. The number of aryl methyl sites for hydroxylation is 1. The lowest BCUT2D eigenvalue weighted by Gasteiger charge is -2.20. The summed E-state index contributed by atoms with van der Waals surface area (Å²) in [4.78, 5) is 11.9. The van der Waals surface area contributed by atoms with Crippen LogP contribution in [0.15, 0.2) is 30.3 Å². The molecule has 1 rings (SSSR count). The molecule has 3 nitrogen and oxygen atoms in total. The Kier molecular flexibility index (Phi) is 4.68. The number of rotatable bonds is 6. The summed E-state index contributed by atoms with van der Waals surface area (Å²) < 4.78 is 21.7. The second-order valence-electron chi connectivity index (χ2n) is 5.04. The van der Waals surface area contributed by atoms with Crippen LogP contribution in [0.25, 0.3) is 0 Å². The topological polar surface area (TPSA) is 51.2 Å². The monoisotopic (exact) mass is 268 g/mol. The first kappa shape index (κ1) is 14.9. The normalized spacial score (nSPS) is 12.4. The van der Waals surface area contributed by atoms with Gasteiger partial charge >= 0.3 is 0 Å². The highest BCUT2D eigenvalue weighted by molar-refractivity contribution is 7.92. The molecule has 0 aliphatic rings. The fraction of sp³-hybridized carbons (Fsp3) is 0.500. The van der Waals surface area contributed by atoms with E-state index >= 15 is 0 Å². The van der Waals surface area contributed by atoms with Crippen LogP contribution in [0.2, 0.25) is 0 Å². The molecule has 0 unspecified atom stereocenters. The smallest absolute Gasteiger partial charge is 0.159 e. The summed E-state index contributed by atoms with van der Waals surface area (Å²) in [6, 6.07) is 9.87. The molecule has 0 N–H and O–H groups in total. The Morgan fingerprint density at radius 1 is 1.17 bits per heavy atom. The first-order chi connectivity index (χ1) is 8.25. The van der Waals surface area contributed by atoms with E-state index in [2.05, 4.69) is 0 Å². The summed E-state index contributed by atoms with van der Waals surface area (Å²) in [5.41, 5.74) is 1.17. The van der Waals surface area contributed by atoms with Gasteiger partial charge in [-0.3, -0.25) is 4.79 Å². The van der Waals surface area contributed by atoms with Gasteiger partial charge in [0.05, 0.1) is 0 Å². The van der Waals surface area contributed by atoms with Crippen molar-refractivity contribution in [1.82, 2.24) is 0 Å². The highest BCUT2D eigenvalue weighted by Crippen LogP contribution is 2.19. The zero-order chi connectivity index (χ0) is 13.8. The maximum atomic E-state index is 11.9. The molecule has 4 heteroatoms. The van der Waals surface area contributed by atoms with E-state index in [9.17, 15) is 13.2 Å². The molecular weight excluding hydrogens is 248 g/mol. The van der Waals surface area contributed by atoms with Gasteiger partial charge in [0.1, 0.15) is 4.75 Å². The van der Waals surface area contributed by atoms with Gasteiger partial charge in [-0.15, -0.1) is 0 Å². The third-order valence-corrected chi connectivity index (χ3v) is 5.39. The molecule has 0 spiro atoms. The van der Waals surface area contributed by atoms with Gasteiger partial charge in [-0.2, -0.15) is 0 Å². The molecule has 0 fully saturated rings. The molecule has 0 amide bonds. The minimum Gasteiger partial charge on any atom is -0.298 e. The summed E-state index contributed by atoms with van der Waals surface area (Å²) in [6.07, 6.45) is 2.89. The standard InChI is InChI=1S/C14H20O3S/c1-14(2,18(3,16)17)13(15)11-7-10-12-8-5-4-6-9-12/h4-6,8-9H,7,10-11H2,1-3H3. The lowest BCUT2D eigenvalue weighted by atomic mass is 10.0. The van der Waals surface area contributed by atoms with Gasteiger partial charge in [0.25, 0.3) is 0 Å². The van der Waals surface area contributed by atoms with Crippen LogP contribution < -0.4 is 0 Å². The predicted octanol–water partition coefficient (Wildman–Crippen LogP) is 2.40. The molecule has 0 bridgehead atoms. The van der Waals surface area contributed by atoms with E-state index in [-0.39, 0.29) is 5.78 Å². The van der Waals surface area contributed by atoms with Gasteiger partial charge in [0.2, 0.25) is 0 Å². The predicted molar refractivity (Wildman–Crippen MR) is 73.3 cm³/mol. The van der Waals surface area contributed by atoms with Gasteiger partial charge in [-0.05, 0) is 32.3 Å². The van der Waals surface area contributed by atoms with Gasteiger partial charge in [-0.25, -0.2) is 8.42 Å². The van der Waals surface area contributed by atoms with Crippen LogP contribution in [0.3, 0.4) is 0 Å². The van der Waals surface area contributed by atoms with Crippen LogP contribution in [0.4, 0.5) is 0 Å². The number of hydrogen-bond donors (Lipinski definition) is 0. The van der Waals surface area contributed by atoms with Crippen molar-refractivity contribution in [3.63, 3.8) is 0 Å². The largest absolute Gasteiger partial charge is 0.298 e. The summed E-state index contributed by atoms with van der Waals surface area (Å²) in [5.74, 6) is -0.207. The molecule has 0 heterocycles. The lowest BCUT2D eigenvalue weighted by molar-refractivity contribution is -0.120. The molecule has 100 valence electrons. The Morgan fingerprint density at radius 3 is 2.22 bits per heavy atom. The lowest BCUT2D eigenvalue weighted by Crippen LogP contribution is -2.39. The molecule has 1 aromatic carbocycles. The van der Waals surface area contributed by atoms with Crippen molar-refractivity contribution in [2.24, 2.45) is 0 Å². The average molecular weight is 268 g/mol. The molecule has 0 aliphatic carbocycles. The van der Waals surface area contributed by atoms with Gasteiger partial charge in [-0.1, -0.05) is 30.3 Å². The second kappa shape index (κ2) is 5.65. The number of carbonyl (C=O) groups is 1. The highest BCUT2D eigenvalue weighted by Gasteiger charge is 2.37. The molecule has 0 atom stereocenters. The number of benzene rings is 1. The zero-order valence-electron chi connectivity index (χ0n) is 11.1. The summed E-state index contributed by atoms with van der Waals surface area (Å²) >= 11 is 0. The van der Waals surface area contributed by atoms with Crippen molar-refractivity contribution >= 4 is 15.6 Å². The van der Waals surface area contributed by atoms with E-state index in [1.165, 1.54) is 19.4 Å². The Bertz CT molecular complexity index is 501. The second-order valence-corrected chi connectivity index (χ2v) is 7.61. The SMILES string of the molecule is CC(C)(C(=O)CCCc1ccccc1)S(C)(=O)=O. The third kappa shape index (κ3) is 3.67. The van der Waals surface area contributed by atoms with Crippen LogP contribution in [0, 0.1) is 0 Å². The van der Waals surface area contributed by atoms with Crippen molar-refractivity contribution in [1.29, 1.82) is 0 Å².